The molecule has 0 saturated carbocycles. The monoisotopic (exact) mass is 256 g/mol. The van der Waals surface area contributed by atoms with Crippen molar-refractivity contribution in [2.24, 2.45) is 0 Å². The highest BCUT2D eigenvalue weighted by atomic mass is 32.2. The molecular formula is C10H9FN2O3S. The molecule has 0 atom stereocenters. The zero-order chi connectivity index (χ0) is 12.5. The second-order valence-electron chi connectivity index (χ2n) is 3.45. The number of benzene rings is 1. The lowest BCUT2D eigenvalue weighted by Gasteiger charge is -2.00. The van der Waals surface area contributed by atoms with E-state index in [1.807, 2.05) is 0 Å². The summed E-state index contributed by atoms with van der Waals surface area (Å²) in [6.45, 7) is 1.59. The van der Waals surface area contributed by atoms with Gasteiger partial charge in [0.25, 0.3) is 0 Å². The third-order valence-corrected chi connectivity index (χ3v) is 3.67. The summed E-state index contributed by atoms with van der Waals surface area (Å²) in [6.07, 6.45) is 0. The third kappa shape index (κ3) is 2.68. The van der Waals surface area contributed by atoms with Gasteiger partial charge in [-0.2, -0.15) is 4.98 Å². The fourth-order valence-electron chi connectivity index (χ4n) is 1.29. The first-order chi connectivity index (χ1) is 7.97. The number of hydrogen-bond donors (Lipinski definition) is 0. The Kier molecular flexibility index (Phi) is 2.93. The van der Waals surface area contributed by atoms with Gasteiger partial charge in [0.15, 0.2) is 15.7 Å². The van der Waals surface area contributed by atoms with Gasteiger partial charge in [0.05, 0.1) is 4.90 Å². The fourth-order valence-corrected chi connectivity index (χ4v) is 2.45. The Bertz CT molecular complexity index is 619. The quantitative estimate of drug-likeness (QED) is 0.778. The molecule has 1 heterocycles. The summed E-state index contributed by atoms with van der Waals surface area (Å²) in [4.78, 5) is 3.83. The Morgan fingerprint density at radius 3 is 2.47 bits per heavy atom. The van der Waals surface area contributed by atoms with Crippen molar-refractivity contribution >= 4 is 9.84 Å². The van der Waals surface area contributed by atoms with Crippen LogP contribution in [0.4, 0.5) is 4.39 Å². The molecule has 7 heteroatoms. The maximum atomic E-state index is 12.7. The Morgan fingerprint density at radius 1 is 1.29 bits per heavy atom. The molecular weight excluding hydrogens is 247 g/mol. The largest absolute Gasteiger partial charge is 0.338 e. The van der Waals surface area contributed by atoms with Gasteiger partial charge in [0.2, 0.25) is 5.89 Å². The van der Waals surface area contributed by atoms with E-state index in [1.54, 1.807) is 6.92 Å². The number of hydrogen-bond acceptors (Lipinski definition) is 5. The second kappa shape index (κ2) is 4.25. The zero-order valence-corrected chi connectivity index (χ0v) is 9.74. The van der Waals surface area contributed by atoms with Crippen LogP contribution in [0.5, 0.6) is 0 Å². The average Bonchev–Trinajstić information content (AvgIpc) is 2.63. The van der Waals surface area contributed by atoms with Crippen LogP contribution in [0.1, 0.15) is 11.7 Å². The highest BCUT2D eigenvalue weighted by Gasteiger charge is 2.19. The molecule has 0 radical (unpaired) electrons. The van der Waals surface area contributed by atoms with E-state index in [0.29, 0.717) is 5.82 Å². The normalized spacial score (nSPS) is 11.6. The van der Waals surface area contributed by atoms with Gasteiger partial charge >= 0.3 is 0 Å². The SMILES string of the molecule is Cc1noc(CS(=O)(=O)c2ccc(F)cc2)n1. The molecule has 0 saturated heterocycles. The molecule has 0 spiro atoms. The number of nitrogens with zero attached hydrogens (tertiary/aromatic N) is 2. The molecule has 0 amide bonds. The van der Waals surface area contributed by atoms with E-state index in [4.69, 9.17) is 4.52 Å². The summed E-state index contributed by atoms with van der Waals surface area (Å²) in [5.41, 5.74) is 0. The van der Waals surface area contributed by atoms with Crippen molar-refractivity contribution in [2.75, 3.05) is 0 Å². The molecule has 0 aliphatic heterocycles. The lowest BCUT2D eigenvalue weighted by molar-refractivity contribution is 0.384. The van der Waals surface area contributed by atoms with E-state index in [-0.39, 0.29) is 16.5 Å². The smallest absolute Gasteiger partial charge is 0.242 e. The summed E-state index contributed by atoms with van der Waals surface area (Å²) in [7, 11) is -3.58. The van der Waals surface area contributed by atoms with Gasteiger partial charge in [-0.05, 0) is 31.2 Å². The molecule has 0 fully saturated rings. The zero-order valence-electron chi connectivity index (χ0n) is 8.92. The second-order valence-corrected chi connectivity index (χ2v) is 5.44. The summed E-state index contributed by atoms with van der Waals surface area (Å²) in [5, 5.41) is 3.50. The minimum atomic E-state index is -3.58. The van der Waals surface area contributed by atoms with Gasteiger partial charge in [0, 0.05) is 0 Å². The summed E-state index contributed by atoms with van der Waals surface area (Å²) >= 11 is 0. The topological polar surface area (TPSA) is 73.1 Å². The lowest BCUT2D eigenvalue weighted by atomic mass is 10.4. The van der Waals surface area contributed by atoms with Gasteiger partial charge in [-0.25, -0.2) is 12.8 Å². The van der Waals surface area contributed by atoms with Gasteiger partial charge < -0.3 is 4.52 Å². The molecule has 0 N–H and O–H groups in total. The molecule has 2 aromatic rings. The maximum Gasteiger partial charge on any atom is 0.242 e. The van der Waals surface area contributed by atoms with Gasteiger partial charge in [-0.15, -0.1) is 0 Å². The molecule has 90 valence electrons. The van der Waals surface area contributed by atoms with Gasteiger partial charge in [-0.1, -0.05) is 5.16 Å². The molecule has 0 unspecified atom stereocenters. The summed E-state index contributed by atoms with van der Waals surface area (Å²) in [6, 6.07) is 4.58. The van der Waals surface area contributed by atoms with Crippen LogP contribution in [-0.4, -0.2) is 18.6 Å². The van der Waals surface area contributed by atoms with Crippen LogP contribution in [0.2, 0.25) is 0 Å². The third-order valence-electron chi connectivity index (χ3n) is 2.06. The average molecular weight is 256 g/mol. The van der Waals surface area contributed by atoms with Crippen molar-refractivity contribution in [1.29, 1.82) is 0 Å². The molecule has 17 heavy (non-hydrogen) atoms. The number of halogens is 1. The van der Waals surface area contributed by atoms with Crippen molar-refractivity contribution in [2.45, 2.75) is 17.6 Å². The van der Waals surface area contributed by atoms with Crippen LogP contribution in [0.25, 0.3) is 0 Å². The first-order valence-corrected chi connectivity index (χ1v) is 6.40. The minimum Gasteiger partial charge on any atom is -0.338 e. The van der Waals surface area contributed by atoms with Crippen molar-refractivity contribution in [3.8, 4) is 0 Å². The molecule has 1 aromatic carbocycles. The van der Waals surface area contributed by atoms with E-state index in [0.717, 1.165) is 12.1 Å². The molecule has 0 bridgehead atoms. The van der Waals surface area contributed by atoms with Crippen LogP contribution in [-0.2, 0) is 15.6 Å². The Balaban J connectivity index is 2.28. The predicted octanol–water partition coefficient (Wildman–Crippen LogP) is 1.49. The molecule has 2 rings (SSSR count). The standard InChI is InChI=1S/C10H9FN2O3S/c1-7-12-10(16-13-7)6-17(14,15)9-4-2-8(11)3-5-9/h2-5H,6H2,1H3. The first kappa shape index (κ1) is 11.7. The van der Waals surface area contributed by atoms with E-state index in [2.05, 4.69) is 10.1 Å². The van der Waals surface area contributed by atoms with E-state index in [1.165, 1.54) is 12.1 Å². The maximum absolute atomic E-state index is 12.7. The molecule has 5 nitrogen and oxygen atoms in total. The first-order valence-electron chi connectivity index (χ1n) is 4.75. The number of sulfone groups is 1. The highest BCUT2D eigenvalue weighted by molar-refractivity contribution is 7.90. The predicted molar refractivity (Wildman–Crippen MR) is 56.3 cm³/mol. The van der Waals surface area contributed by atoms with Crippen molar-refractivity contribution in [3.63, 3.8) is 0 Å². The van der Waals surface area contributed by atoms with Crippen LogP contribution in [0, 0.1) is 12.7 Å². The highest BCUT2D eigenvalue weighted by Crippen LogP contribution is 2.15. The van der Waals surface area contributed by atoms with E-state index < -0.39 is 15.7 Å². The van der Waals surface area contributed by atoms with Crippen LogP contribution < -0.4 is 0 Å². The number of rotatable bonds is 3. The van der Waals surface area contributed by atoms with Gasteiger partial charge in [-0.3, -0.25) is 0 Å². The molecule has 0 aliphatic rings. The van der Waals surface area contributed by atoms with Crippen LogP contribution in [0.15, 0.2) is 33.7 Å². The van der Waals surface area contributed by atoms with Gasteiger partial charge in [0.1, 0.15) is 11.6 Å². The molecule has 1 aromatic heterocycles. The number of aryl methyl sites for hydroxylation is 1. The van der Waals surface area contributed by atoms with Crippen molar-refractivity contribution < 1.29 is 17.3 Å². The van der Waals surface area contributed by atoms with E-state index >= 15 is 0 Å². The van der Waals surface area contributed by atoms with Crippen LogP contribution >= 0.6 is 0 Å². The lowest BCUT2D eigenvalue weighted by Crippen LogP contribution is -2.05. The Hall–Kier alpha value is -1.76. The van der Waals surface area contributed by atoms with Crippen molar-refractivity contribution in [3.05, 3.63) is 41.8 Å². The van der Waals surface area contributed by atoms with E-state index in [9.17, 15) is 12.8 Å². The van der Waals surface area contributed by atoms with Crippen LogP contribution in [0.3, 0.4) is 0 Å². The number of aromatic nitrogens is 2. The molecule has 0 aliphatic carbocycles. The fraction of sp³-hybridized carbons (Fsp3) is 0.200. The summed E-state index contributed by atoms with van der Waals surface area (Å²) in [5.74, 6) is -0.488. The summed E-state index contributed by atoms with van der Waals surface area (Å²) < 4.78 is 41.1. The van der Waals surface area contributed by atoms with Crippen molar-refractivity contribution in [1.82, 2.24) is 10.1 Å². The Labute approximate surface area is 97.2 Å². The minimum absolute atomic E-state index is 0.0202. The Morgan fingerprint density at radius 2 is 1.94 bits per heavy atom.